The molecule has 0 aromatic heterocycles. The summed E-state index contributed by atoms with van der Waals surface area (Å²) < 4.78 is 26.5. The number of rotatable bonds is 2. The van der Waals surface area contributed by atoms with Crippen LogP contribution in [0.5, 0.6) is 0 Å². The van der Waals surface area contributed by atoms with Crippen molar-refractivity contribution in [3.8, 4) is 0 Å². The Morgan fingerprint density at radius 3 is 2.57 bits per heavy atom. The Morgan fingerprint density at radius 1 is 1.30 bits per heavy atom. The second kappa shape index (κ2) is 7.14. The fraction of sp³-hybridized carbons (Fsp3) is 0.588. The molecule has 3 nitrogen and oxygen atoms in total. The predicted molar refractivity (Wildman–Crippen MR) is 88.1 cm³/mol. The minimum atomic E-state index is -2.76. The van der Waals surface area contributed by atoms with Crippen LogP contribution in [0.3, 0.4) is 0 Å². The standard InChI is InChI=1S/C17H22F2N2O.ClH/c1-12-10-21(16(22)15-9-17(18,19)11-20-15)8-7-14(12)13-5-3-2-4-6-13;/h2-6,12,14-15,20H,7-11H2,1H3;1H. The van der Waals surface area contributed by atoms with Gasteiger partial charge in [0, 0.05) is 19.5 Å². The monoisotopic (exact) mass is 344 g/mol. The molecule has 0 spiro atoms. The normalized spacial score (nSPS) is 29.9. The Balaban J connectivity index is 0.00000192. The highest BCUT2D eigenvalue weighted by molar-refractivity contribution is 5.85. The molecule has 1 N–H and O–H groups in total. The quantitative estimate of drug-likeness (QED) is 0.894. The van der Waals surface area contributed by atoms with E-state index in [1.54, 1.807) is 4.90 Å². The van der Waals surface area contributed by atoms with Crippen molar-refractivity contribution in [3.05, 3.63) is 35.9 Å². The van der Waals surface area contributed by atoms with Crippen LogP contribution in [-0.4, -0.2) is 42.4 Å². The average Bonchev–Trinajstić information content (AvgIpc) is 2.87. The smallest absolute Gasteiger partial charge is 0.262 e. The summed E-state index contributed by atoms with van der Waals surface area (Å²) in [5, 5.41) is 2.66. The topological polar surface area (TPSA) is 32.3 Å². The van der Waals surface area contributed by atoms with Crippen LogP contribution < -0.4 is 5.32 Å². The lowest BCUT2D eigenvalue weighted by molar-refractivity contribution is -0.135. The minimum absolute atomic E-state index is 0. The number of halogens is 3. The van der Waals surface area contributed by atoms with Crippen molar-refractivity contribution >= 4 is 18.3 Å². The van der Waals surface area contributed by atoms with Gasteiger partial charge in [0.15, 0.2) is 0 Å². The number of hydrogen-bond donors (Lipinski definition) is 1. The predicted octanol–water partition coefficient (Wildman–Crippen LogP) is 3.06. The molecule has 2 heterocycles. The Hall–Kier alpha value is -1.20. The number of hydrogen-bond acceptors (Lipinski definition) is 2. The summed E-state index contributed by atoms with van der Waals surface area (Å²) in [5.41, 5.74) is 1.30. The Morgan fingerprint density at radius 2 is 2.00 bits per heavy atom. The number of amides is 1. The van der Waals surface area contributed by atoms with E-state index in [2.05, 4.69) is 24.4 Å². The molecule has 6 heteroatoms. The summed E-state index contributed by atoms with van der Waals surface area (Å²) in [6, 6.07) is 9.58. The first-order valence-corrected chi connectivity index (χ1v) is 7.91. The first-order valence-electron chi connectivity index (χ1n) is 7.91. The number of nitrogens with zero attached hydrogens (tertiary/aromatic N) is 1. The zero-order valence-corrected chi connectivity index (χ0v) is 14.0. The maximum atomic E-state index is 13.2. The molecule has 1 aromatic carbocycles. The number of likely N-dealkylation sites (tertiary alicyclic amines) is 1. The maximum absolute atomic E-state index is 13.2. The SMILES string of the molecule is CC1CN(C(=O)C2CC(F)(F)CN2)CCC1c1ccccc1.Cl. The van der Waals surface area contributed by atoms with Gasteiger partial charge in [-0.05, 0) is 23.8 Å². The molecule has 0 aliphatic carbocycles. The summed E-state index contributed by atoms with van der Waals surface area (Å²) in [5.74, 6) is -2.16. The van der Waals surface area contributed by atoms with Gasteiger partial charge in [-0.3, -0.25) is 10.1 Å². The highest BCUT2D eigenvalue weighted by atomic mass is 35.5. The van der Waals surface area contributed by atoms with Crippen molar-refractivity contribution in [2.75, 3.05) is 19.6 Å². The molecule has 3 atom stereocenters. The van der Waals surface area contributed by atoms with Crippen molar-refractivity contribution < 1.29 is 13.6 Å². The molecular weight excluding hydrogens is 322 g/mol. The molecule has 23 heavy (non-hydrogen) atoms. The van der Waals surface area contributed by atoms with Gasteiger partial charge in [-0.1, -0.05) is 37.3 Å². The maximum Gasteiger partial charge on any atom is 0.262 e. The molecule has 2 fully saturated rings. The van der Waals surface area contributed by atoms with E-state index in [-0.39, 0.29) is 31.3 Å². The van der Waals surface area contributed by atoms with E-state index in [9.17, 15) is 13.6 Å². The zero-order valence-electron chi connectivity index (χ0n) is 13.2. The number of piperidine rings is 1. The minimum Gasteiger partial charge on any atom is -0.341 e. The summed E-state index contributed by atoms with van der Waals surface area (Å²) in [4.78, 5) is 14.2. The first-order chi connectivity index (χ1) is 10.5. The number of carbonyl (C=O) groups is 1. The number of carbonyl (C=O) groups excluding carboxylic acids is 1. The van der Waals surface area contributed by atoms with Crippen LogP contribution in [0.2, 0.25) is 0 Å². The van der Waals surface area contributed by atoms with Gasteiger partial charge < -0.3 is 4.90 Å². The Kier molecular flexibility index (Phi) is 5.63. The average molecular weight is 345 g/mol. The fourth-order valence-electron chi connectivity index (χ4n) is 3.65. The van der Waals surface area contributed by atoms with Gasteiger partial charge in [0.2, 0.25) is 5.91 Å². The molecule has 0 saturated carbocycles. The van der Waals surface area contributed by atoms with Crippen molar-refractivity contribution in [2.24, 2.45) is 5.92 Å². The van der Waals surface area contributed by atoms with Gasteiger partial charge in [0.1, 0.15) is 0 Å². The van der Waals surface area contributed by atoms with E-state index in [0.717, 1.165) is 6.42 Å². The van der Waals surface area contributed by atoms with Crippen molar-refractivity contribution in [1.29, 1.82) is 0 Å². The van der Waals surface area contributed by atoms with Crippen LogP contribution in [0, 0.1) is 5.92 Å². The van der Waals surface area contributed by atoms with Gasteiger partial charge >= 0.3 is 0 Å². The molecule has 1 amide bonds. The molecular formula is C17H23ClF2N2O. The molecule has 2 saturated heterocycles. The van der Waals surface area contributed by atoms with E-state index in [4.69, 9.17) is 0 Å². The number of nitrogens with one attached hydrogen (secondary N) is 1. The van der Waals surface area contributed by atoms with Crippen molar-refractivity contribution in [3.63, 3.8) is 0 Å². The second-order valence-corrected chi connectivity index (χ2v) is 6.56. The van der Waals surface area contributed by atoms with Gasteiger partial charge in [0.05, 0.1) is 12.6 Å². The van der Waals surface area contributed by atoms with Gasteiger partial charge in [-0.25, -0.2) is 8.78 Å². The van der Waals surface area contributed by atoms with E-state index in [1.807, 2.05) is 18.2 Å². The molecule has 128 valence electrons. The van der Waals surface area contributed by atoms with Crippen LogP contribution in [0.15, 0.2) is 30.3 Å². The Labute approximate surface area is 141 Å². The third kappa shape index (κ3) is 4.01. The molecule has 2 aliphatic rings. The van der Waals surface area contributed by atoms with Crippen LogP contribution in [0.25, 0.3) is 0 Å². The Bertz CT molecular complexity index is 541. The summed E-state index contributed by atoms with van der Waals surface area (Å²) in [6.45, 7) is 3.03. The van der Waals surface area contributed by atoms with Crippen molar-refractivity contribution in [2.45, 2.75) is 37.6 Å². The molecule has 3 rings (SSSR count). The molecule has 3 unspecified atom stereocenters. The van der Waals surface area contributed by atoms with E-state index in [1.165, 1.54) is 5.56 Å². The summed E-state index contributed by atoms with van der Waals surface area (Å²) in [7, 11) is 0. The lowest BCUT2D eigenvalue weighted by atomic mass is 9.81. The van der Waals surface area contributed by atoms with Gasteiger partial charge in [-0.15, -0.1) is 12.4 Å². The van der Waals surface area contributed by atoms with Gasteiger partial charge in [0.25, 0.3) is 5.92 Å². The third-order valence-electron chi connectivity index (χ3n) is 4.85. The lowest BCUT2D eigenvalue weighted by Gasteiger charge is -2.38. The van der Waals surface area contributed by atoms with Gasteiger partial charge in [-0.2, -0.15) is 0 Å². The molecule has 0 radical (unpaired) electrons. The molecule has 2 aliphatic heterocycles. The molecule has 0 bridgehead atoms. The lowest BCUT2D eigenvalue weighted by Crippen LogP contribution is -2.49. The summed E-state index contributed by atoms with van der Waals surface area (Å²) in [6.07, 6.45) is 0.513. The highest BCUT2D eigenvalue weighted by Crippen LogP contribution is 2.34. The largest absolute Gasteiger partial charge is 0.341 e. The van der Waals surface area contributed by atoms with Crippen LogP contribution in [0.1, 0.15) is 31.2 Å². The fourth-order valence-corrected chi connectivity index (χ4v) is 3.65. The number of benzene rings is 1. The zero-order chi connectivity index (χ0) is 15.7. The highest BCUT2D eigenvalue weighted by Gasteiger charge is 2.44. The second-order valence-electron chi connectivity index (χ2n) is 6.56. The third-order valence-corrected chi connectivity index (χ3v) is 4.85. The number of alkyl halides is 2. The van der Waals surface area contributed by atoms with Crippen molar-refractivity contribution in [1.82, 2.24) is 10.2 Å². The van der Waals surface area contributed by atoms with E-state index in [0.29, 0.717) is 24.9 Å². The van der Waals surface area contributed by atoms with E-state index >= 15 is 0 Å². The van der Waals surface area contributed by atoms with Crippen LogP contribution in [0.4, 0.5) is 8.78 Å². The first kappa shape index (κ1) is 18.1. The van der Waals surface area contributed by atoms with Crippen LogP contribution >= 0.6 is 12.4 Å². The molecule has 1 aromatic rings. The van der Waals surface area contributed by atoms with Crippen LogP contribution in [-0.2, 0) is 4.79 Å². The summed E-state index contributed by atoms with van der Waals surface area (Å²) >= 11 is 0. The van der Waals surface area contributed by atoms with E-state index < -0.39 is 12.0 Å².